The van der Waals surface area contributed by atoms with Crippen molar-refractivity contribution in [2.75, 3.05) is 27.3 Å². The van der Waals surface area contributed by atoms with Gasteiger partial charge >= 0.3 is 0 Å². The highest BCUT2D eigenvalue weighted by Gasteiger charge is 2.07. The van der Waals surface area contributed by atoms with Crippen molar-refractivity contribution in [1.82, 2.24) is 4.90 Å². The lowest BCUT2D eigenvalue weighted by molar-refractivity contribution is -0.133. The van der Waals surface area contributed by atoms with Crippen LogP contribution in [0.5, 0.6) is 0 Å². The number of hydrogen-bond donors (Lipinski definition) is 0. The fourth-order valence-corrected chi connectivity index (χ4v) is 2.49. The molecule has 1 heterocycles. The van der Waals surface area contributed by atoms with E-state index in [0.717, 1.165) is 10.1 Å². The third kappa shape index (κ3) is 3.52. The molecular formula is C14H16FNO2S. The van der Waals surface area contributed by atoms with E-state index in [4.69, 9.17) is 4.74 Å². The van der Waals surface area contributed by atoms with E-state index < -0.39 is 0 Å². The van der Waals surface area contributed by atoms with Gasteiger partial charge < -0.3 is 9.64 Å². The van der Waals surface area contributed by atoms with Crippen LogP contribution in [0.25, 0.3) is 10.1 Å². The predicted octanol–water partition coefficient (Wildman–Crippen LogP) is 2.69. The second kappa shape index (κ2) is 6.12. The van der Waals surface area contributed by atoms with Gasteiger partial charge in [0.05, 0.1) is 6.61 Å². The quantitative estimate of drug-likeness (QED) is 0.789. The number of nitrogens with zero attached hydrogens (tertiary/aromatic N) is 1. The molecule has 0 aliphatic heterocycles. The van der Waals surface area contributed by atoms with Crippen molar-refractivity contribution >= 4 is 27.3 Å². The van der Waals surface area contributed by atoms with E-state index in [1.807, 2.05) is 17.5 Å². The number of likely N-dealkylation sites (N-methyl/N-ethyl adjacent to an activating group) is 1. The van der Waals surface area contributed by atoms with E-state index in [-0.39, 0.29) is 18.3 Å². The SMILES string of the molecule is CN(C)C(=O)COCCc1cc2ccsc2cc1F. The molecule has 0 aliphatic rings. The van der Waals surface area contributed by atoms with Gasteiger partial charge in [-0.1, -0.05) is 0 Å². The summed E-state index contributed by atoms with van der Waals surface area (Å²) < 4.78 is 20.0. The lowest BCUT2D eigenvalue weighted by atomic mass is 10.1. The molecule has 0 spiro atoms. The minimum absolute atomic E-state index is 0.0370. The van der Waals surface area contributed by atoms with Crippen LogP contribution >= 0.6 is 11.3 Å². The Morgan fingerprint density at radius 1 is 1.42 bits per heavy atom. The Balaban J connectivity index is 1.90. The van der Waals surface area contributed by atoms with Gasteiger partial charge in [0, 0.05) is 18.8 Å². The smallest absolute Gasteiger partial charge is 0.248 e. The number of hydrogen-bond acceptors (Lipinski definition) is 3. The monoisotopic (exact) mass is 281 g/mol. The molecule has 3 nitrogen and oxygen atoms in total. The first-order valence-corrected chi connectivity index (χ1v) is 6.89. The van der Waals surface area contributed by atoms with E-state index in [1.54, 1.807) is 20.2 Å². The highest BCUT2D eigenvalue weighted by Crippen LogP contribution is 2.24. The topological polar surface area (TPSA) is 29.5 Å². The molecule has 0 fully saturated rings. The molecule has 0 saturated heterocycles. The maximum absolute atomic E-state index is 13.8. The molecule has 0 unspecified atom stereocenters. The molecule has 0 radical (unpaired) electrons. The average molecular weight is 281 g/mol. The second-order valence-electron chi connectivity index (χ2n) is 4.49. The first kappa shape index (κ1) is 14.0. The molecule has 0 saturated carbocycles. The van der Waals surface area contributed by atoms with Gasteiger partial charge in [0.15, 0.2) is 0 Å². The molecule has 1 amide bonds. The molecule has 0 bridgehead atoms. The van der Waals surface area contributed by atoms with Crippen molar-refractivity contribution in [3.8, 4) is 0 Å². The summed E-state index contributed by atoms with van der Waals surface area (Å²) in [6.45, 7) is 0.376. The van der Waals surface area contributed by atoms with Crippen molar-refractivity contribution < 1.29 is 13.9 Å². The van der Waals surface area contributed by atoms with Crippen LogP contribution in [0.3, 0.4) is 0 Å². The first-order chi connectivity index (χ1) is 9.08. The van der Waals surface area contributed by atoms with Crippen LogP contribution < -0.4 is 0 Å². The number of fused-ring (bicyclic) bond motifs is 1. The van der Waals surface area contributed by atoms with E-state index in [9.17, 15) is 9.18 Å². The van der Waals surface area contributed by atoms with Gasteiger partial charge in [-0.25, -0.2) is 4.39 Å². The normalized spacial score (nSPS) is 10.9. The Bertz CT molecular complexity index is 580. The summed E-state index contributed by atoms with van der Waals surface area (Å²) >= 11 is 1.52. The summed E-state index contributed by atoms with van der Waals surface area (Å²) in [6.07, 6.45) is 0.471. The van der Waals surface area contributed by atoms with Crippen molar-refractivity contribution in [2.24, 2.45) is 0 Å². The Morgan fingerprint density at radius 3 is 2.95 bits per heavy atom. The molecule has 0 N–H and O–H groups in total. The third-order valence-electron chi connectivity index (χ3n) is 2.86. The van der Waals surface area contributed by atoms with Gasteiger partial charge in [-0.3, -0.25) is 4.79 Å². The van der Waals surface area contributed by atoms with Crippen LogP contribution in [0.15, 0.2) is 23.6 Å². The van der Waals surface area contributed by atoms with E-state index in [1.165, 1.54) is 16.2 Å². The minimum Gasteiger partial charge on any atom is -0.371 e. The zero-order valence-corrected chi connectivity index (χ0v) is 11.8. The Kier molecular flexibility index (Phi) is 4.50. The van der Waals surface area contributed by atoms with Gasteiger partial charge in [0.1, 0.15) is 12.4 Å². The third-order valence-corrected chi connectivity index (χ3v) is 3.74. The van der Waals surface area contributed by atoms with Crippen LogP contribution in [-0.2, 0) is 16.0 Å². The van der Waals surface area contributed by atoms with E-state index >= 15 is 0 Å². The maximum Gasteiger partial charge on any atom is 0.248 e. The van der Waals surface area contributed by atoms with Gasteiger partial charge in [-0.2, -0.15) is 0 Å². The highest BCUT2D eigenvalue weighted by atomic mass is 32.1. The average Bonchev–Trinajstić information content (AvgIpc) is 2.81. The van der Waals surface area contributed by atoms with Crippen LogP contribution in [0.4, 0.5) is 4.39 Å². The number of halogens is 1. The van der Waals surface area contributed by atoms with E-state index in [2.05, 4.69) is 0 Å². The Morgan fingerprint density at radius 2 is 2.21 bits per heavy atom. The number of amides is 1. The number of benzene rings is 1. The molecule has 0 aliphatic carbocycles. The number of rotatable bonds is 5. The molecule has 102 valence electrons. The predicted molar refractivity (Wildman–Crippen MR) is 75.0 cm³/mol. The number of thiophene rings is 1. The zero-order chi connectivity index (χ0) is 13.8. The molecule has 19 heavy (non-hydrogen) atoms. The van der Waals surface area contributed by atoms with Crippen LogP contribution in [0.1, 0.15) is 5.56 Å². The first-order valence-electron chi connectivity index (χ1n) is 6.01. The van der Waals surface area contributed by atoms with Gasteiger partial charge in [-0.15, -0.1) is 11.3 Å². The van der Waals surface area contributed by atoms with Crippen molar-refractivity contribution in [3.63, 3.8) is 0 Å². The highest BCUT2D eigenvalue weighted by molar-refractivity contribution is 7.17. The van der Waals surface area contributed by atoms with Crippen LogP contribution in [0.2, 0.25) is 0 Å². The molecular weight excluding hydrogens is 265 g/mol. The summed E-state index contributed by atoms with van der Waals surface area (Å²) in [4.78, 5) is 12.8. The zero-order valence-electron chi connectivity index (χ0n) is 11.0. The van der Waals surface area contributed by atoms with Crippen molar-refractivity contribution in [3.05, 3.63) is 35.0 Å². The number of ether oxygens (including phenoxy) is 1. The summed E-state index contributed by atoms with van der Waals surface area (Å²) in [7, 11) is 3.35. The maximum atomic E-state index is 13.8. The largest absolute Gasteiger partial charge is 0.371 e. The van der Waals surface area contributed by atoms with Gasteiger partial charge in [0.25, 0.3) is 0 Å². The van der Waals surface area contributed by atoms with Crippen molar-refractivity contribution in [2.45, 2.75) is 6.42 Å². The standard InChI is InChI=1S/C14H16FNO2S/c1-16(2)14(17)9-18-5-3-10-7-11-4-6-19-13(11)8-12(10)15/h4,6-8H,3,5,9H2,1-2H3. The molecule has 1 aromatic carbocycles. The molecule has 1 aromatic heterocycles. The lowest BCUT2D eigenvalue weighted by Gasteiger charge is -2.10. The number of carbonyl (C=O) groups excluding carboxylic acids is 1. The van der Waals surface area contributed by atoms with Gasteiger partial charge in [-0.05, 0) is 40.9 Å². The molecule has 2 aromatic rings. The molecule has 0 atom stereocenters. The summed E-state index contributed by atoms with van der Waals surface area (Å²) in [6, 6.07) is 5.37. The number of carbonyl (C=O) groups is 1. The minimum atomic E-state index is -0.211. The fraction of sp³-hybridized carbons (Fsp3) is 0.357. The summed E-state index contributed by atoms with van der Waals surface area (Å²) in [5.41, 5.74) is 0.628. The van der Waals surface area contributed by atoms with Crippen molar-refractivity contribution in [1.29, 1.82) is 0 Å². The molecule has 2 rings (SSSR count). The van der Waals surface area contributed by atoms with Gasteiger partial charge in [0.2, 0.25) is 5.91 Å². The summed E-state index contributed by atoms with van der Waals surface area (Å²) in [5.74, 6) is -0.300. The second-order valence-corrected chi connectivity index (χ2v) is 5.44. The Labute approximate surface area is 115 Å². The van der Waals surface area contributed by atoms with Crippen LogP contribution in [-0.4, -0.2) is 38.1 Å². The molecule has 5 heteroatoms. The van der Waals surface area contributed by atoms with E-state index in [0.29, 0.717) is 18.6 Å². The Hall–Kier alpha value is -1.46. The van der Waals surface area contributed by atoms with Crippen LogP contribution in [0, 0.1) is 5.82 Å². The lowest BCUT2D eigenvalue weighted by Crippen LogP contribution is -2.26. The summed E-state index contributed by atoms with van der Waals surface area (Å²) in [5, 5.41) is 2.99. The fourth-order valence-electron chi connectivity index (χ4n) is 1.69.